The number of thiazole rings is 1. The number of amides is 1. The van der Waals surface area contributed by atoms with Gasteiger partial charge in [-0.25, -0.2) is 9.97 Å². The van der Waals surface area contributed by atoms with Crippen molar-refractivity contribution in [3.63, 3.8) is 0 Å². The summed E-state index contributed by atoms with van der Waals surface area (Å²) in [6.07, 6.45) is 3.47. The van der Waals surface area contributed by atoms with E-state index in [1.807, 2.05) is 81.0 Å². The maximum absolute atomic E-state index is 13.4. The van der Waals surface area contributed by atoms with E-state index in [0.29, 0.717) is 18.8 Å². The van der Waals surface area contributed by atoms with Crippen molar-refractivity contribution in [3.8, 4) is 11.3 Å². The molecule has 2 atom stereocenters. The van der Waals surface area contributed by atoms with E-state index < -0.39 is 0 Å². The molecule has 0 aliphatic rings. The van der Waals surface area contributed by atoms with E-state index in [1.54, 1.807) is 23.5 Å². The quantitative estimate of drug-likeness (QED) is 0.240. The Balaban J connectivity index is 1.36. The van der Waals surface area contributed by atoms with Crippen molar-refractivity contribution < 1.29 is 14.3 Å². The third-order valence-corrected chi connectivity index (χ3v) is 7.30. The molecule has 0 saturated carbocycles. The number of benzene rings is 2. The van der Waals surface area contributed by atoms with Crippen LogP contribution in [-0.2, 0) is 23.1 Å². The van der Waals surface area contributed by atoms with Crippen LogP contribution in [0.15, 0.2) is 71.8 Å². The largest absolute Gasteiger partial charge is 0.382 e. The smallest absolute Gasteiger partial charge is 0.252 e. The van der Waals surface area contributed by atoms with Crippen LogP contribution in [0, 0.1) is 6.92 Å². The molecule has 0 spiro atoms. The van der Waals surface area contributed by atoms with Gasteiger partial charge in [-0.1, -0.05) is 30.3 Å². The fourth-order valence-electron chi connectivity index (χ4n) is 4.64. The Kier molecular flexibility index (Phi) is 8.11. The predicted octanol–water partition coefficient (Wildman–Crippen LogP) is 5.80. The summed E-state index contributed by atoms with van der Waals surface area (Å²) in [6.45, 7) is 4.74. The van der Waals surface area contributed by atoms with Gasteiger partial charge >= 0.3 is 0 Å². The Morgan fingerprint density at radius 3 is 2.74 bits per heavy atom. The summed E-state index contributed by atoms with van der Waals surface area (Å²) in [5.41, 5.74) is 8.73. The monoisotopic (exact) mass is 541 g/mol. The van der Waals surface area contributed by atoms with E-state index in [2.05, 4.69) is 15.4 Å². The number of aryl methyl sites for hydroxylation is 2. The molecule has 0 aliphatic carbocycles. The number of para-hydroxylation sites is 1. The second-order valence-electron chi connectivity index (χ2n) is 9.52. The molecule has 0 bridgehead atoms. The van der Waals surface area contributed by atoms with Crippen molar-refractivity contribution in [1.82, 2.24) is 25.1 Å². The van der Waals surface area contributed by atoms with Crippen LogP contribution in [0.1, 0.15) is 51.8 Å². The fraction of sp³-hybridized carbons (Fsp3) is 0.267. The van der Waals surface area contributed by atoms with Gasteiger partial charge in [0.1, 0.15) is 6.10 Å². The molecule has 0 aliphatic heterocycles. The molecular weight excluding hydrogens is 510 g/mol. The summed E-state index contributed by atoms with van der Waals surface area (Å²) in [6, 6.07) is 15.6. The highest BCUT2D eigenvalue weighted by Gasteiger charge is 2.20. The second-order valence-corrected chi connectivity index (χ2v) is 10.2. The number of rotatable bonds is 10. The van der Waals surface area contributed by atoms with Crippen LogP contribution in [0.4, 0.5) is 0 Å². The molecular formula is C30H31N5O3S. The number of ether oxygens (including phenoxy) is 2. The number of carbonyl (C=O) groups excluding carboxylic acids is 1. The van der Waals surface area contributed by atoms with Crippen LogP contribution >= 0.6 is 11.3 Å². The number of fused-ring (bicyclic) bond motifs is 1. The molecule has 39 heavy (non-hydrogen) atoms. The molecule has 5 rings (SSSR count). The highest BCUT2D eigenvalue weighted by atomic mass is 32.1. The Morgan fingerprint density at radius 2 is 2.03 bits per heavy atom. The normalized spacial score (nSPS) is 12.9. The summed E-state index contributed by atoms with van der Waals surface area (Å²) in [7, 11) is 3.53. The number of hydrogen-bond acceptors (Lipinski definition) is 7. The molecule has 0 radical (unpaired) electrons. The molecule has 1 unspecified atom stereocenters. The summed E-state index contributed by atoms with van der Waals surface area (Å²) >= 11 is 1.54. The van der Waals surface area contributed by atoms with Crippen molar-refractivity contribution in [2.24, 2.45) is 7.05 Å². The highest BCUT2D eigenvalue weighted by molar-refractivity contribution is 7.07. The first-order valence-corrected chi connectivity index (χ1v) is 13.6. The van der Waals surface area contributed by atoms with Crippen molar-refractivity contribution in [1.29, 1.82) is 0 Å². The van der Waals surface area contributed by atoms with Crippen LogP contribution in [0.25, 0.3) is 22.2 Å². The summed E-state index contributed by atoms with van der Waals surface area (Å²) < 4.78 is 13.2. The lowest BCUT2D eigenvalue weighted by Crippen LogP contribution is -2.27. The maximum Gasteiger partial charge on any atom is 0.252 e. The molecule has 3 heterocycles. The lowest BCUT2D eigenvalue weighted by Gasteiger charge is -2.20. The van der Waals surface area contributed by atoms with Gasteiger partial charge in [0.2, 0.25) is 0 Å². The van der Waals surface area contributed by atoms with Gasteiger partial charge in [0.25, 0.3) is 5.91 Å². The average Bonchev–Trinajstić information content (AvgIpc) is 3.62. The van der Waals surface area contributed by atoms with Crippen LogP contribution in [0.2, 0.25) is 0 Å². The Bertz CT molecular complexity index is 1580. The lowest BCUT2D eigenvalue weighted by atomic mass is 9.98. The van der Waals surface area contributed by atoms with Gasteiger partial charge in [-0.15, -0.1) is 11.3 Å². The topological polar surface area (TPSA) is 91.2 Å². The predicted molar refractivity (Wildman–Crippen MR) is 153 cm³/mol. The molecule has 1 amide bonds. The number of nitrogens with one attached hydrogen (secondary N) is 1. The molecule has 3 aromatic heterocycles. The van der Waals surface area contributed by atoms with Crippen molar-refractivity contribution in [2.45, 2.75) is 32.6 Å². The Labute approximate surface area is 231 Å². The molecule has 5 aromatic rings. The first-order chi connectivity index (χ1) is 18.9. The Morgan fingerprint density at radius 1 is 1.18 bits per heavy atom. The number of hydrogen-bond donors (Lipinski definition) is 1. The average molecular weight is 542 g/mol. The highest BCUT2D eigenvalue weighted by Crippen LogP contribution is 2.29. The standard InChI is InChI=1S/C30H31N5O3S/c1-19-11-21(29(16-37-4)38-15-23-17-39-18-31-23)9-10-24(19)30(36)33-20(2)26-12-28(22-13-32-35(3)14-22)34-27-8-6-5-7-25(26)27/h5-14,17-18,20,29H,15-16H2,1-4H3,(H,33,36)/t20-,29?/m1/s1. The zero-order chi connectivity index (χ0) is 27.4. The van der Waals surface area contributed by atoms with E-state index in [9.17, 15) is 4.79 Å². The minimum Gasteiger partial charge on any atom is -0.382 e. The first kappa shape index (κ1) is 26.7. The summed E-state index contributed by atoms with van der Waals surface area (Å²) in [5, 5.41) is 10.5. The number of carbonyl (C=O) groups is 1. The number of methoxy groups -OCH3 is 1. The van der Waals surface area contributed by atoms with E-state index in [4.69, 9.17) is 14.5 Å². The van der Waals surface area contributed by atoms with Crippen molar-refractivity contribution >= 4 is 28.1 Å². The van der Waals surface area contributed by atoms with Gasteiger partial charge < -0.3 is 14.8 Å². The van der Waals surface area contributed by atoms with E-state index in [1.165, 1.54) is 11.3 Å². The maximum atomic E-state index is 13.4. The molecule has 200 valence electrons. The fourth-order valence-corrected chi connectivity index (χ4v) is 5.19. The molecule has 1 N–H and O–H groups in total. The molecule has 2 aromatic carbocycles. The van der Waals surface area contributed by atoms with Gasteiger partial charge in [0.05, 0.1) is 47.9 Å². The molecule has 8 nitrogen and oxygen atoms in total. The minimum atomic E-state index is -0.263. The van der Waals surface area contributed by atoms with Gasteiger partial charge in [-0.05, 0) is 48.7 Å². The van der Waals surface area contributed by atoms with Crippen molar-refractivity contribution in [3.05, 3.63) is 99.8 Å². The number of nitrogens with zero attached hydrogens (tertiary/aromatic N) is 4. The molecule has 0 saturated heterocycles. The van der Waals surface area contributed by atoms with Crippen LogP contribution < -0.4 is 5.32 Å². The minimum absolute atomic E-state index is 0.137. The lowest BCUT2D eigenvalue weighted by molar-refractivity contribution is -0.0139. The molecule has 9 heteroatoms. The Hall–Kier alpha value is -3.92. The van der Waals surface area contributed by atoms with E-state index in [0.717, 1.165) is 44.5 Å². The molecule has 0 fully saturated rings. The van der Waals surface area contributed by atoms with Crippen LogP contribution in [-0.4, -0.2) is 39.4 Å². The third-order valence-electron chi connectivity index (χ3n) is 6.66. The summed E-state index contributed by atoms with van der Waals surface area (Å²) in [5.74, 6) is -0.137. The van der Waals surface area contributed by atoms with Crippen LogP contribution in [0.5, 0.6) is 0 Å². The zero-order valence-electron chi connectivity index (χ0n) is 22.4. The van der Waals surface area contributed by atoms with E-state index >= 15 is 0 Å². The van der Waals surface area contributed by atoms with Gasteiger partial charge in [0.15, 0.2) is 0 Å². The summed E-state index contributed by atoms with van der Waals surface area (Å²) in [4.78, 5) is 22.5. The van der Waals surface area contributed by atoms with E-state index in [-0.39, 0.29) is 18.1 Å². The third kappa shape index (κ3) is 6.06. The van der Waals surface area contributed by atoms with Gasteiger partial charge in [0, 0.05) is 42.2 Å². The van der Waals surface area contributed by atoms with Crippen molar-refractivity contribution in [2.75, 3.05) is 13.7 Å². The van der Waals surface area contributed by atoms with Crippen LogP contribution in [0.3, 0.4) is 0 Å². The zero-order valence-corrected chi connectivity index (χ0v) is 23.2. The number of aromatic nitrogens is 4. The SMILES string of the molecule is COCC(OCc1cscn1)c1ccc(C(=O)N[C@H](C)c2cc(-c3cnn(C)c3)nc3ccccc23)c(C)c1. The first-order valence-electron chi connectivity index (χ1n) is 12.7. The second kappa shape index (κ2) is 11.9. The van der Waals surface area contributed by atoms with Gasteiger partial charge in [-0.3, -0.25) is 9.48 Å². The number of pyridine rings is 1. The van der Waals surface area contributed by atoms with Gasteiger partial charge in [-0.2, -0.15) is 5.10 Å².